The average Bonchev–Trinajstić information content (AvgIpc) is 2.75. The molecule has 0 amide bonds. The van der Waals surface area contributed by atoms with E-state index in [0.717, 1.165) is 11.3 Å². The number of nitrogens with zero attached hydrogens (tertiary/aromatic N) is 2. The van der Waals surface area contributed by atoms with E-state index < -0.39 is 18.0 Å². The largest absolute Gasteiger partial charge is 0.481 e. The summed E-state index contributed by atoms with van der Waals surface area (Å²) in [6.07, 6.45) is 0.495. The highest BCUT2D eigenvalue weighted by atomic mass is 16.6. The van der Waals surface area contributed by atoms with Gasteiger partial charge in [-0.3, -0.25) is 14.6 Å². The van der Waals surface area contributed by atoms with Crippen molar-refractivity contribution < 1.29 is 29.7 Å². The second kappa shape index (κ2) is 13.9. The number of hydrogen-bond donors (Lipinski definition) is 4. The van der Waals surface area contributed by atoms with Crippen LogP contribution >= 0.6 is 0 Å². The quantitative estimate of drug-likeness (QED) is 0.323. The van der Waals surface area contributed by atoms with E-state index >= 15 is 0 Å². The lowest BCUT2D eigenvalue weighted by molar-refractivity contribution is -0.143. The normalized spacial score (nSPS) is 12.3. The molecule has 1 aromatic carbocycles. The Labute approximate surface area is 187 Å². The second-order valence-corrected chi connectivity index (χ2v) is 7.89. The second-order valence-electron chi connectivity index (χ2n) is 7.89. The topological polar surface area (TPSA) is 141 Å². The van der Waals surface area contributed by atoms with Crippen LogP contribution in [0.2, 0.25) is 0 Å². The predicted molar refractivity (Wildman–Crippen MR) is 121 cm³/mol. The number of aromatic nitrogens is 1. The van der Waals surface area contributed by atoms with Crippen LogP contribution in [0.1, 0.15) is 44.9 Å². The van der Waals surface area contributed by atoms with Crippen LogP contribution in [-0.2, 0) is 14.4 Å². The highest BCUT2D eigenvalue weighted by Crippen LogP contribution is 2.09. The van der Waals surface area contributed by atoms with E-state index in [1.165, 1.54) is 0 Å². The lowest BCUT2D eigenvalue weighted by atomic mass is 10.1. The molecule has 174 valence electrons. The molecule has 1 atom stereocenters. The van der Waals surface area contributed by atoms with E-state index in [9.17, 15) is 14.7 Å². The number of hydrogen-bond acceptors (Lipinski definition) is 7. The van der Waals surface area contributed by atoms with Crippen LogP contribution in [-0.4, -0.2) is 62.7 Å². The van der Waals surface area contributed by atoms with Gasteiger partial charge >= 0.3 is 11.9 Å². The van der Waals surface area contributed by atoms with Crippen LogP contribution < -0.4 is 5.32 Å². The SMILES string of the molecule is CC(C)(C)NCC(O)CON=C(c1ccccc1)c1ccccn1.O=C(O)CCC(=O)O. The van der Waals surface area contributed by atoms with Gasteiger partial charge in [0.15, 0.2) is 0 Å². The Kier molecular flexibility index (Phi) is 11.6. The van der Waals surface area contributed by atoms with Crippen LogP contribution in [0.5, 0.6) is 0 Å². The average molecular weight is 446 g/mol. The number of rotatable bonds is 10. The van der Waals surface area contributed by atoms with Crippen molar-refractivity contribution in [1.29, 1.82) is 0 Å². The van der Waals surface area contributed by atoms with Crippen molar-refractivity contribution in [3.63, 3.8) is 0 Å². The summed E-state index contributed by atoms with van der Waals surface area (Å²) in [6.45, 7) is 6.71. The molecule has 4 N–H and O–H groups in total. The Morgan fingerprint density at radius 1 is 1.03 bits per heavy atom. The first-order valence-electron chi connectivity index (χ1n) is 10.1. The summed E-state index contributed by atoms with van der Waals surface area (Å²) in [6, 6.07) is 15.4. The summed E-state index contributed by atoms with van der Waals surface area (Å²) < 4.78 is 0. The van der Waals surface area contributed by atoms with E-state index in [2.05, 4.69) is 15.5 Å². The van der Waals surface area contributed by atoms with Gasteiger partial charge in [-0.15, -0.1) is 0 Å². The lowest BCUT2D eigenvalue weighted by Crippen LogP contribution is -2.42. The fourth-order valence-electron chi connectivity index (χ4n) is 2.23. The van der Waals surface area contributed by atoms with Gasteiger partial charge in [-0.1, -0.05) is 41.6 Å². The highest BCUT2D eigenvalue weighted by molar-refractivity contribution is 6.11. The molecular formula is C23H31N3O6. The molecule has 0 saturated heterocycles. The third-order valence-electron chi connectivity index (χ3n) is 3.80. The van der Waals surface area contributed by atoms with E-state index in [1.807, 2.05) is 69.3 Å². The number of carboxylic acids is 2. The lowest BCUT2D eigenvalue weighted by Gasteiger charge is -2.22. The fraction of sp³-hybridized carbons (Fsp3) is 0.391. The number of nitrogens with one attached hydrogen (secondary N) is 1. The van der Waals surface area contributed by atoms with Gasteiger partial charge in [-0.2, -0.15) is 0 Å². The first-order chi connectivity index (χ1) is 15.1. The van der Waals surface area contributed by atoms with E-state index in [-0.39, 0.29) is 25.0 Å². The first kappa shape index (κ1) is 26.7. The van der Waals surface area contributed by atoms with Gasteiger partial charge in [0, 0.05) is 23.8 Å². The van der Waals surface area contributed by atoms with Gasteiger partial charge in [0.25, 0.3) is 0 Å². The van der Waals surface area contributed by atoms with Crippen molar-refractivity contribution in [2.45, 2.75) is 45.3 Å². The molecule has 0 spiro atoms. The number of aliphatic hydroxyl groups is 1. The Bertz CT molecular complexity index is 796. The molecule has 0 bridgehead atoms. The van der Waals surface area contributed by atoms with Crippen molar-refractivity contribution in [3.05, 3.63) is 66.0 Å². The smallest absolute Gasteiger partial charge is 0.303 e. The van der Waals surface area contributed by atoms with Gasteiger partial charge in [0.2, 0.25) is 0 Å². The number of aliphatic carboxylic acids is 2. The Morgan fingerprint density at radius 2 is 1.62 bits per heavy atom. The molecule has 9 nitrogen and oxygen atoms in total. The fourth-order valence-corrected chi connectivity index (χ4v) is 2.23. The maximum Gasteiger partial charge on any atom is 0.303 e. The number of carbonyl (C=O) groups is 2. The standard InChI is InChI=1S/C19H25N3O2.C4H6O4/c1-19(2,3)21-13-16(23)14-24-22-18(15-9-5-4-6-10-15)17-11-7-8-12-20-17;5-3(6)1-2-4(7)8/h4-12,16,21,23H,13-14H2,1-3H3;1-2H2,(H,5,6)(H,7,8). The summed E-state index contributed by atoms with van der Waals surface area (Å²) in [5.41, 5.74) is 2.24. The summed E-state index contributed by atoms with van der Waals surface area (Å²) in [5, 5.41) is 33.2. The van der Waals surface area contributed by atoms with Crippen LogP contribution in [0.25, 0.3) is 0 Å². The number of oxime groups is 1. The van der Waals surface area contributed by atoms with E-state index in [1.54, 1.807) is 6.20 Å². The number of β-amino-alcohol motifs (C(OH)–C–C–N with tert-alkyl or cyclic N) is 1. The molecule has 0 radical (unpaired) electrons. The molecule has 0 aliphatic carbocycles. The zero-order chi connectivity index (χ0) is 24.0. The molecule has 0 fully saturated rings. The third-order valence-corrected chi connectivity index (χ3v) is 3.80. The van der Waals surface area contributed by atoms with Gasteiger partial charge < -0.3 is 25.5 Å². The predicted octanol–water partition coefficient (Wildman–Crippen LogP) is 2.54. The molecule has 32 heavy (non-hydrogen) atoms. The summed E-state index contributed by atoms with van der Waals surface area (Å²) in [7, 11) is 0. The van der Waals surface area contributed by atoms with Crippen molar-refractivity contribution >= 4 is 17.7 Å². The van der Waals surface area contributed by atoms with E-state index in [0.29, 0.717) is 12.3 Å². The van der Waals surface area contributed by atoms with Crippen LogP contribution in [0.3, 0.4) is 0 Å². The Balaban J connectivity index is 0.000000547. The maximum absolute atomic E-state index is 9.99. The molecule has 1 heterocycles. The molecule has 0 aliphatic rings. The Morgan fingerprint density at radius 3 is 2.12 bits per heavy atom. The molecular weight excluding hydrogens is 414 g/mol. The van der Waals surface area contributed by atoms with Crippen LogP contribution in [0, 0.1) is 0 Å². The van der Waals surface area contributed by atoms with E-state index in [4.69, 9.17) is 15.1 Å². The molecule has 0 aliphatic heterocycles. The molecule has 1 aromatic heterocycles. The first-order valence-corrected chi connectivity index (χ1v) is 10.1. The minimum absolute atomic E-state index is 0.0482. The molecule has 0 saturated carbocycles. The minimum atomic E-state index is -1.08. The molecule has 9 heteroatoms. The highest BCUT2D eigenvalue weighted by Gasteiger charge is 2.13. The summed E-state index contributed by atoms with van der Waals surface area (Å²) in [4.78, 5) is 29.0. The third kappa shape index (κ3) is 12.4. The van der Waals surface area contributed by atoms with Crippen molar-refractivity contribution in [2.75, 3.05) is 13.2 Å². The van der Waals surface area contributed by atoms with Gasteiger partial charge in [-0.05, 0) is 32.9 Å². The summed E-state index contributed by atoms with van der Waals surface area (Å²) in [5.74, 6) is -2.15. The number of benzene rings is 1. The summed E-state index contributed by atoms with van der Waals surface area (Å²) >= 11 is 0. The number of carboxylic acid groups (broad SMARTS) is 2. The molecule has 1 unspecified atom stereocenters. The van der Waals surface area contributed by atoms with Crippen molar-refractivity contribution in [1.82, 2.24) is 10.3 Å². The number of pyridine rings is 1. The molecule has 2 aromatic rings. The number of aliphatic hydroxyl groups excluding tert-OH is 1. The van der Waals surface area contributed by atoms with Crippen LogP contribution in [0.4, 0.5) is 0 Å². The monoisotopic (exact) mass is 445 g/mol. The Hall–Kier alpha value is -3.30. The van der Waals surface area contributed by atoms with Crippen molar-refractivity contribution in [3.8, 4) is 0 Å². The molecule has 2 rings (SSSR count). The zero-order valence-corrected chi connectivity index (χ0v) is 18.6. The van der Waals surface area contributed by atoms with Gasteiger partial charge in [-0.25, -0.2) is 0 Å². The van der Waals surface area contributed by atoms with Crippen molar-refractivity contribution in [2.24, 2.45) is 5.16 Å². The maximum atomic E-state index is 9.99. The zero-order valence-electron chi connectivity index (χ0n) is 18.6. The van der Waals surface area contributed by atoms with Crippen LogP contribution in [0.15, 0.2) is 59.9 Å². The van der Waals surface area contributed by atoms with Gasteiger partial charge in [0.05, 0.1) is 18.5 Å². The van der Waals surface area contributed by atoms with Gasteiger partial charge in [0.1, 0.15) is 18.4 Å². The minimum Gasteiger partial charge on any atom is -0.481 e.